The lowest BCUT2D eigenvalue weighted by Gasteiger charge is -2.31. The lowest BCUT2D eigenvalue weighted by atomic mass is 10.4. The van der Waals surface area contributed by atoms with Crippen LogP contribution in [0, 0.1) is 0 Å². The molecular formula is C11H16N3O3P. The fourth-order valence-electron chi connectivity index (χ4n) is 1.97. The number of carbonyl (C=O) groups is 1. The lowest BCUT2D eigenvalue weighted by Crippen LogP contribution is -2.36. The summed E-state index contributed by atoms with van der Waals surface area (Å²) in [6.45, 7) is 3.22. The number of anilines is 1. The van der Waals surface area contributed by atoms with Crippen LogP contribution in [0.3, 0.4) is 0 Å². The van der Waals surface area contributed by atoms with E-state index < -0.39 is 13.1 Å². The third-order valence-corrected chi connectivity index (χ3v) is 6.46. The van der Waals surface area contributed by atoms with E-state index in [2.05, 4.69) is 9.97 Å². The molecule has 1 N–H and O–H groups in total. The van der Waals surface area contributed by atoms with E-state index in [1.807, 2.05) is 11.8 Å². The van der Waals surface area contributed by atoms with Crippen LogP contribution in [0.15, 0.2) is 12.3 Å². The van der Waals surface area contributed by atoms with Crippen molar-refractivity contribution in [3.8, 4) is 0 Å². The van der Waals surface area contributed by atoms with Gasteiger partial charge in [0, 0.05) is 31.6 Å². The summed E-state index contributed by atoms with van der Waals surface area (Å²) in [6.07, 6.45) is 3.49. The first-order valence-electron chi connectivity index (χ1n) is 5.92. The van der Waals surface area contributed by atoms with E-state index in [0.29, 0.717) is 31.4 Å². The molecule has 1 saturated heterocycles. The molecule has 6 nitrogen and oxygen atoms in total. The molecule has 0 radical (unpaired) electrons. The zero-order valence-electron chi connectivity index (χ0n) is 10.2. The average molecular weight is 269 g/mol. The molecule has 2 rings (SSSR count). The van der Waals surface area contributed by atoms with Crippen LogP contribution in [0.4, 0.5) is 5.95 Å². The predicted molar refractivity (Wildman–Crippen MR) is 69.1 cm³/mol. The first kappa shape index (κ1) is 13.0. The number of rotatable bonds is 3. The molecular weight excluding hydrogens is 253 g/mol. The number of aromatic nitrogens is 2. The summed E-state index contributed by atoms with van der Waals surface area (Å²) in [4.78, 5) is 20.8. The van der Waals surface area contributed by atoms with Crippen molar-refractivity contribution in [3.63, 3.8) is 0 Å². The minimum absolute atomic E-state index is 0.00996. The van der Waals surface area contributed by atoms with Gasteiger partial charge < -0.3 is 14.6 Å². The summed E-state index contributed by atoms with van der Waals surface area (Å²) < 4.78 is 12.2. The third kappa shape index (κ3) is 2.70. The van der Waals surface area contributed by atoms with Crippen molar-refractivity contribution in [1.82, 2.24) is 9.97 Å². The predicted octanol–water partition coefficient (Wildman–Crippen LogP) is 1.38. The highest BCUT2D eigenvalue weighted by atomic mass is 31.2. The topological polar surface area (TPSA) is 83.4 Å². The van der Waals surface area contributed by atoms with Crippen molar-refractivity contribution < 1.29 is 14.5 Å². The molecule has 0 aliphatic carbocycles. The number of carboxylic acid groups (broad SMARTS) is 1. The summed E-state index contributed by atoms with van der Waals surface area (Å²) in [7, 11) is -2.00. The van der Waals surface area contributed by atoms with E-state index in [1.54, 1.807) is 0 Å². The number of nitrogens with zero attached hydrogens (tertiary/aromatic N) is 3. The Balaban J connectivity index is 2.12. The second-order valence-corrected chi connectivity index (χ2v) is 8.00. The fraction of sp³-hybridized carbons (Fsp3) is 0.545. The van der Waals surface area contributed by atoms with Crippen LogP contribution in [0.25, 0.3) is 0 Å². The number of hydrogen-bond acceptors (Lipinski definition) is 5. The third-order valence-electron chi connectivity index (χ3n) is 3.28. The summed E-state index contributed by atoms with van der Waals surface area (Å²) in [5.74, 6) is -0.646. The molecule has 0 aromatic carbocycles. The van der Waals surface area contributed by atoms with Crippen LogP contribution in [0.5, 0.6) is 0 Å². The Bertz CT molecular complexity index is 494. The Morgan fingerprint density at radius 1 is 1.50 bits per heavy atom. The molecule has 1 aromatic rings. The molecule has 1 aliphatic rings. The van der Waals surface area contributed by atoms with Crippen LogP contribution >= 0.6 is 7.14 Å². The van der Waals surface area contributed by atoms with Gasteiger partial charge >= 0.3 is 5.97 Å². The SMILES string of the molecule is CCP1(=O)CCN(c2nccc(C(=O)O)n2)CC1. The molecule has 1 fully saturated rings. The molecule has 98 valence electrons. The average Bonchev–Trinajstić information content (AvgIpc) is 2.40. The van der Waals surface area contributed by atoms with E-state index in [9.17, 15) is 9.36 Å². The summed E-state index contributed by atoms with van der Waals surface area (Å²) in [5.41, 5.74) is -0.00996. The van der Waals surface area contributed by atoms with Gasteiger partial charge in [-0.2, -0.15) is 0 Å². The first-order chi connectivity index (χ1) is 8.54. The van der Waals surface area contributed by atoms with Gasteiger partial charge in [-0.1, -0.05) is 6.92 Å². The second-order valence-electron chi connectivity index (χ2n) is 4.36. The van der Waals surface area contributed by atoms with E-state index in [1.165, 1.54) is 12.3 Å². The van der Waals surface area contributed by atoms with Gasteiger partial charge in [-0.05, 0) is 12.2 Å². The zero-order valence-corrected chi connectivity index (χ0v) is 11.1. The quantitative estimate of drug-likeness (QED) is 0.834. The standard InChI is InChI=1S/C11H16N3O3P/c1-2-18(17)7-5-14(6-8-18)11-12-4-3-9(13-11)10(15)16/h3-4H,2,5-8H2,1H3,(H,15,16). The van der Waals surface area contributed by atoms with Crippen molar-refractivity contribution >= 4 is 19.1 Å². The minimum atomic E-state index is -2.00. The van der Waals surface area contributed by atoms with E-state index in [0.717, 1.165) is 6.16 Å². The summed E-state index contributed by atoms with van der Waals surface area (Å²) in [5, 5.41) is 8.88. The molecule has 18 heavy (non-hydrogen) atoms. The monoisotopic (exact) mass is 269 g/mol. The van der Waals surface area contributed by atoms with Crippen molar-refractivity contribution in [2.24, 2.45) is 0 Å². The van der Waals surface area contributed by atoms with Crippen molar-refractivity contribution in [2.45, 2.75) is 6.92 Å². The van der Waals surface area contributed by atoms with Gasteiger partial charge in [0.15, 0.2) is 5.69 Å². The van der Waals surface area contributed by atoms with Gasteiger partial charge in [0.1, 0.15) is 0 Å². The van der Waals surface area contributed by atoms with Gasteiger partial charge in [0.25, 0.3) is 0 Å². The molecule has 1 aromatic heterocycles. The zero-order chi connectivity index (χ0) is 13.2. The maximum atomic E-state index is 12.2. The van der Waals surface area contributed by atoms with Crippen molar-refractivity contribution in [2.75, 3.05) is 36.5 Å². The summed E-state index contributed by atoms with van der Waals surface area (Å²) in [6, 6.07) is 1.37. The normalized spacial score (nSPS) is 18.6. The van der Waals surface area contributed by atoms with Gasteiger partial charge in [-0.3, -0.25) is 0 Å². The van der Waals surface area contributed by atoms with E-state index in [-0.39, 0.29) is 5.69 Å². The van der Waals surface area contributed by atoms with E-state index in [4.69, 9.17) is 5.11 Å². The Labute approximate surface area is 105 Å². The number of carboxylic acids is 1. The molecule has 0 amide bonds. The van der Waals surface area contributed by atoms with Crippen LogP contribution < -0.4 is 4.90 Å². The maximum Gasteiger partial charge on any atom is 0.354 e. The smallest absolute Gasteiger partial charge is 0.354 e. The Morgan fingerprint density at radius 3 is 2.72 bits per heavy atom. The van der Waals surface area contributed by atoms with Crippen LogP contribution in [0.2, 0.25) is 0 Å². The Kier molecular flexibility index (Phi) is 3.66. The lowest BCUT2D eigenvalue weighted by molar-refractivity contribution is 0.0690. The number of hydrogen-bond donors (Lipinski definition) is 1. The van der Waals surface area contributed by atoms with Gasteiger partial charge in [0.2, 0.25) is 5.95 Å². The van der Waals surface area contributed by atoms with Gasteiger partial charge in [0.05, 0.1) is 7.14 Å². The summed E-state index contributed by atoms with van der Waals surface area (Å²) >= 11 is 0. The molecule has 0 saturated carbocycles. The molecule has 0 atom stereocenters. The van der Waals surface area contributed by atoms with Crippen LogP contribution in [-0.2, 0) is 4.57 Å². The second kappa shape index (κ2) is 5.06. The maximum absolute atomic E-state index is 12.2. The highest BCUT2D eigenvalue weighted by molar-refractivity contribution is 7.64. The minimum Gasteiger partial charge on any atom is -0.477 e. The largest absolute Gasteiger partial charge is 0.477 e. The molecule has 7 heteroatoms. The van der Waals surface area contributed by atoms with Gasteiger partial charge in [-0.15, -0.1) is 0 Å². The molecule has 1 aliphatic heterocycles. The Hall–Kier alpha value is -1.42. The van der Waals surface area contributed by atoms with Crippen LogP contribution in [0.1, 0.15) is 17.4 Å². The fourth-order valence-corrected chi connectivity index (χ4v) is 4.03. The van der Waals surface area contributed by atoms with E-state index >= 15 is 0 Å². The molecule has 2 heterocycles. The number of aromatic carboxylic acids is 1. The van der Waals surface area contributed by atoms with Crippen molar-refractivity contribution in [3.05, 3.63) is 18.0 Å². The van der Waals surface area contributed by atoms with Crippen LogP contribution in [-0.4, -0.2) is 52.6 Å². The van der Waals surface area contributed by atoms with Crippen molar-refractivity contribution in [1.29, 1.82) is 0 Å². The Morgan fingerprint density at radius 2 is 2.17 bits per heavy atom. The molecule has 0 unspecified atom stereocenters. The molecule has 0 bridgehead atoms. The van der Waals surface area contributed by atoms with Gasteiger partial charge in [-0.25, -0.2) is 14.8 Å². The highest BCUT2D eigenvalue weighted by Gasteiger charge is 2.28. The molecule has 0 spiro atoms. The highest BCUT2D eigenvalue weighted by Crippen LogP contribution is 2.46. The first-order valence-corrected chi connectivity index (χ1v) is 8.19.